The predicted molar refractivity (Wildman–Crippen MR) is 101 cm³/mol. The van der Waals surface area contributed by atoms with Crippen LogP contribution in [0.25, 0.3) is 10.9 Å². The highest BCUT2D eigenvalue weighted by Crippen LogP contribution is 2.43. The Kier molecular flexibility index (Phi) is 4.43. The lowest BCUT2D eigenvalue weighted by molar-refractivity contribution is -0.00870. The first-order valence-electron chi connectivity index (χ1n) is 9.51. The van der Waals surface area contributed by atoms with Crippen molar-refractivity contribution in [1.82, 2.24) is 14.8 Å². The highest BCUT2D eigenvalue weighted by Gasteiger charge is 2.43. The summed E-state index contributed by atoms with van der Waals surface area (Å²) in [4.78, 5) is 21.8. The van der Waals surface area contributed by atoms with Crippen LogP contribution in [0, 0.1) is 17.2 Å². The van der Waals surface area contributed by atoms with E-state index in [1.54, 1.807) is 24.4 Å². The van der Waals surface area contributed by atoms with Crippen LogP contribution in [0.4, 0.5) is 4.39 Å². The summed E-state index contributed by atoms with van der Waals surface area (Å²) >= 11 is 0. The molecule has 2 aromatic rings. The zero-order valence-corrected chi connectivity index (χ0v) is 15.5. The Balaban J connectivity index is 1.58. The highest BCUT2D eigenvalue weighted by molar-refractivity contribution is 6.05. The molecule has 4 rings (SSSR count). The Hall–Kier alpha value is -2.01. The lowest BCUT2D eigenvalue weighted by atomic mass is 9.66. The number of fused-ring (bicyclic) bond motifs is 1. The van der Waals surface area contributed by atoms with Gasteiger partial charge in [-0.3, -0.25) is 9.78 Å². The topological polar surface area (TPSA) is 36.4 Å². The molecular formula is C21H26FN3O. The molecule has 2 fully saturated rings. The molecule has 0 aliphatic carbocycles. The maximum Gasteiger partial charge on any atom is 0.256 e. The first-order valence-corrected chi connectivity index (χ1v) is 9.51. The summed E-state index contributed by atoms with van der Waals surface area (Å²) in [5, 5.41) is 0.411. The van der Waals surface area contributed by atoms with Gasteiger partial charge in [-0.05, 0) is 68.5 Å². The van der Waals surface area contributed by atoms with Gasteiger partial charge in [0.2, 0.25) is 0 Å². The summed E-state index contributed by atoms with van der Waals surface area (Å²) in [5.41, 5.74) is 1.29. The Morgan fingerprint density at radius 3 is 2.88 bits per heavy atom. The lowest BCUT2D eigenvalue weighted by Crippen LogP contribution is -2.54. The first kappa shape index (κ1) is 17.4. The average molecular weight is 355 g/mol. The van der Waals surface area contributed by atoms with Gasteiger partial charge in [0, 0.05) is 31.2 Å². The molecule has 2 atom stereocenters. The average Bonchev–Trinajstić information content (AvgIpc) is 2.64. The minimum Gasteiger partial charge on any atom is -0.338 e. The molecule has 1 spiro atoms. The van der Waals surface area contributed by atoms with Gasteiger partial charge in [-0.2, -0.15) is 0 Å². The molecule has 0 saturated carbocycles. The quantitative estimate of drug-likeness (QED) is 0.785. The Bertz CT molecular complexity index is 839. The standard InChI is InChI=1S/C21H26FN3O/c1-15-13-25(12-9-21(15)8-4-11-24(2)14-21)20(26)17-6-7-18(22)16-5-3-10-23-19(16)17/h3,5-7,10,15H,4,8-9,11-14H2,1-2H3. The normalized spacial score (nSPS) is 27.2. The molecule has 2 saturated heterocycles. The number of piperidine rings is 2. The molecule has 2 unspecified atom stereocenters. The van der Waals surface area contributed by atoms with E-state index in [1.165, 1.54) is 25.5 Å². The van der Waals surface area contributed by atoms with Crippen molar-refractivity contribution >= 4 is 16.8 Å². The minimum absolute atomic E-state index is 0.0282. The number of halogens is 1. The summed E-state index contributed by atoms with van der Waals surface area (Å²) in [5.74, 6) is 0.100. The van der Waals surface area contributed by atoms with Gasteiger partial charge >= 0.3 is 0 Å². The summed E-state index contributed by atoms with van der Waals surface area (Å²) in [6, 6.07) is 6.34. The van der Waals surface area contributed by atoms with Gasteiger partial charge in [0.25, 0.3) is 5.91 Å². The Morgan fingerprint density at radius 2 is 2.12 bits per heavy atom. The van der Waals surface area contributed by atoms with Crippen molar-refractivity contribution in [3.05, 3.63) is 41.8 Å². The molecule has 2 aliphatic rings. The number of rotatable bonds is 1. The Morgan fingerprint density at radius 1 is 1.27 bits per heavy atom. The summed E-state index contributed by atoms with van der Waals surface area (Å²) in [6.45, 7) is 6.10. The zero-order valence-electron chi connectivity index (χ0n) is 15.5. The number of pyridine rings is 1. The second-order valence-electron chi connectivity index (χ2n) is 8.10. The van der Waals surface area contributed by atoms with Crippen LogP contribution in [-0.2, 0) is 0 Å². The maximum absolute atomic E-state index is 14.0. The number of hydrogen-bond donors (Lipinski definition) is 0. The number of nitrogens with zero attached hydrogens (tertiary/aromatic N) is 3. The number of likely N-dealkylation sites (tertiary alicyclic amines) is 2. The van der Waals surface area contributed by atoms with Gasteiger partial charge in [-0.1, -0.05) is 6.92 Å². The zero-order chi connectivity index (χ0) is 18.3. The molecule has 26 heavy (non-hydrogen) atoms. The monoisotopic (exact) mass is 355 g/mol. The fourth-order valence-electron chi connectivity index (χ4n) is 4.89. The van der Waals surface area contributed by atoms with Crippen molar-refractivity contribution in [2.24, 2.45) is 11.3 Å². The molecule has 1 aromatic heterocycles. The second-order valence-corrected chi connectivity index (χ2v) is 8.10. The van der Waals surface area contributed by atoms with E-state index in [4.69, 9.17) is 0 Å². The Labute approximate surface area is 154 Å². The van der Waals surface area contributed by atoms with E-state index in [0.717, 1.165) is 26.1 Å². The van der Waals surface area contributed by atoms with Gasteiger partial charge < -0.3 is 9.80 Å². The van der Waals surface area contributed by atoms with Crippen molar-refractivity contribution in [2.75, 3.05) is 33.2 Å². The van der Waals surface area contributed by atoms with E-state index in [0.29, 0.717) is 27.8 Å². The van der Waals surface area contributed by atoms with E-state index >= 15 is 0 Å². The van der Waals surface area contributed by atoms with Gasteiger partial charge in [-0.15, -0.1) is 0 Å². The van der Waals surface area contributed by atoms with Gasteiger partial charge in [0.05, 0.1) is 11.1 Å². The number of carbonyl (C=O) groups is 1. The molecule has 3 heterocycles. The van der Waals surface area contributed by atoms with Crippen LogP contribution in [0.2, 0.25) is 0 Å². The number of carbonyl (C=O) groups excluding carboxylic acids is 1. The highest BCUT2D eigenvalue weighted by atomic mass is 19.1. The van der Waals surface area contributed by atoms with Crippen LogP contribution >= 0.6 is 0 Å². The lowest BCUT2D eigenvalue weighted by Gasteiger charge is -2.51. The van der Waals surface area contributed by atoms with Crippen LogP contribution in [0.15, 0.2) is 30.5 Å². The molecule has 0 N–H and O–H groups in total. The minimum atomic E-state index is -0.333. The van der Waals surface area contributed by atoms with Crippen LogP contribution in [-0.4, -0.2) is 53.9 Å². The number of amides is 1. The van der Waals surface area contributed by atoms with Crippen molar-refractivity contribution in [2.45, 2.75) is 26.2 Å². The summed E-state index contributed by atoms with van der Waals surface area (Å²) in [6.07, 6.45) is 5.14. The number of hydrogen-bond acceptors (Lipinski definition) is 3. The fraction of sp³-hybridized carbons (Fsp3) is 0.524. The van der Waals surface area contributed by atoms with E-state index < -0.39 is 0 Å². The van der Waals surface area contributed by atoms with Gasteiger partial charge in [-0.25, -0.2) is 4.39 Å². The smallest absolute Gasteiger partial charge is 0.256 e. The third-order valence-electron chi connectivity index (χ3n) is 6.45. The van der Waals surface area contributed by atoms with Crippen LogP contribution in [0.5, 0.6) is 0 Å². The van der Waals surface area contributed by atoms with Crippen LogP contribution < -0.4 is 0 Å². The molecule has 4 nitrogen and oxygen atoms in total. The van der Waals surface area contributed by atoms with Crippen LogP contribution in [0.1, 0.15) is 36.5 Å². The molecule has 2 aliphatic heterocycles. The van der Waals surface area contributed by atoms with E-state index in [9.17, 15) is 9.18 Å². The maximum atomic E-state index is 14.0. The van der Waals surface area contributed by atoms with Crippen LogP contribution in [0.3, 0.4) is 0 Å². The predicted octanol–water partition coefficient (Wildman–Crippen LogP) is 3.57. The first-order chi connectivity index (χ1) is 12.5. The largest absolute Gasteiger partial charge is 0.338 e. The molecule has 1 amide bonds. The van der Waals surface area contributed by atoms with Gasteiger partial charge in [0.15, 0.2) is 0 Å². The fourth-order valence-corrected chi connectivity index (χ4v) is 4.89. The second kappa shape index (κ2) is 6.62. The number of aromatic nitrogens is 1. The molecular weight excluding hydrogens is 329 g/mol. The number of benzene rings is 1. The van der Waals surface area contributed by atoms with Gasteiger partial charge in [0.1, 0.15) is 5.82 Å². The van der Waals surface area contributed by atoms with Crippen molar-refractivity contribution in [1.29, 1.82) is 0 Å². The molecule has 1 aromatic carbocycles. The van der Waals surface area contributed by atoms with Crippen molar-refractivity contribution in [3.8, 4) is 0 Å². The van der Waals surface area contributed by atoms with E-state index in [2.05, 4.69) is 23.9 Å². The molecule has 5 heteroatoms. The third-order valence-corrected chi connectivity index (χ3v) is 6.45. The molecule has 138 valence electrons. The third kappa shape index (κ3) is 2.88. The summed E-state index contributed by atoms with van der Waals surface area (Å²) in [7, 11) is 2.20. The SMILES string of the molecule is CC1CN(C(=O)c2ccc(F)c3cccnc23)CCC12CCCN(C)C2. The molecule has 0 radical (unpaired) electrons. The molecule has 0 bridgehead atoms. The van der Waals surface area contributed by atoms with E-state index in [-0.39, 0.29) is 11.7 Å². The van der Waals surface area contributed by atoms with Crippen molar-refractivity contribution in [3.63, 3.8) is 0 Å². The summed E-state index contributed by atoms with van der Waals surface area (Å²) < 4.78 is 14.0. The van der Waals surface area contributed by atoms with Crippen molar-refractivity contribution < 1.29 is 9.18 Å². The van der Waals surface area contributed by atoms with E-state index in [1.807, 2.05) is 4.90 Å².